The minimum atomic E-state index is 0.543. The lowest BCUT2D eigenvalue weighted by molar-refractivity contribution is 0.164. The molecule has 2 saturated heterocycles. The summed E-state index contributed by atoms with van der Waals surface area (Å²) in [6.07, 6.45) is 1.27. The molecule has 0 spiro atoms. The van der Waals surface area contributed by atoms with Crippen molar-refractivity contribution in [2.24, 2.45) is 11.8 Å². The lowest BCUT2D eigenvalue weighted by Crippen LogP contribution is -2.37. The van der Waals surface area contributed by atoms with Gasteiger partial charge in [-0.15, -0.1) is 0 Å². The van der Waals surface area contributed by atoms with Gasteiger partial charge in [-0.2, -0.15) is 0 Å². The summed E-state index contributed by atoms with van der Waals surface area (Å²) in [6.45, 7) is 15.3. The van der Waals surface area contributed by atoms with Crippen LogP contribution in [0.2, 0.25) is 0 Å². The first-order chi connectivity index (χ1) is 10.0. The van der Waals surface area contributed by atoms with E-state index in [1.165, 1.54) is 42.7 Å². The van der Waals surface area contributed by atoms with Crippen LogP contribution >= 0.6 is 0 Å². The van der Waals surface area contributed by atoms with Gasteiger partial charge in [0.2, 0.25) is 0 Å². The lowest BCUT2D eigenvalue weighted by Gasteiger charge is -2.34. The molecule has 1 aromatic rings. The third-order valence-corrected chi connectivity index (χ3v) is 5.83. The predicted octanol–water partition coefficient (Wildman–Crippen LogP) is 3.60. The van der Waals surface area contributed by atoms with Crippen LogP contribution < -0.4 is 5.32 Å². The number of likely N-dealkylation sites (tertiary alicyclic amines) is 1. The van der Waals surface area contributed by atoms with Crippen molar-refractivity contribution in [1.29, 1.82) is 0 Å². The number of nitrogens with zero attached hydrogens (tertiary/aromatic N) is 1. The molecule has 0 aliphatic carbocycles. The molecule has 2 aliphatic rings. The molecular formula is C19H30N2. The van der Waals surface area contributed by atoms with E-state index in [4.69, 9.17) is 0 Å². The maximum Gasteiger partial charge on any atom is 0.0328 e. The summed E-state index contributed by atoms with van der Waals surface area (Å²) in [5.74, 6) is 1.73. The number of fused-ring (bicyclic) bond motifs is 1. The zero-order valence-electron chi connectivity index (χ0n) is 14.2. The van der Waals surface area contributed by atoms with Gasteiger partial charge in [-0.05, 0) is 75.7 Å². The highest BCUT2D eigenvalue weighted by Crippen LogP contribution is 2.40. The number of aryl methyl sites for hydroxylation is 3. The lowest BCUT2D eigenvalue weighted by atomic mass is 9.91. The first-order valence-electron chi connectivity index (χ1n) is 8.57. The molecule has 2 heteroatoms. The van der Waals surface area contributed by atoms with Crippen LogP contribution in [-0.4, -0.2) is 30.6 Å². The molecule has 2 aliphatic heterocycles. The van der Waals surface area contributed by atoms with Crippen LogP contribution in [0.5, 0.6) is 0 Å². The monoisotopic (exact) mass is 286 g/mol. The average molecular weight is 286 g/mol. The number of benzene rings is 1. The van der Waals surface area contributed by atoms with Gasteiger partial charge in [0.15, 0.2) is 0 Å². The van der Waals surface area contributed by atoms with Crippen molar-refractivity contribution in [2.75, 3.05) is 19.6 Å². The highest BCUT2D eigenvalue weighted by molar-refractivity contribution is 5.39. The molecule has 0 radical (unpaired) electrons. The Hall–Kier alpha value is -0.860. The molecular weight excluding hydrogens is 256 g/mol. The SMILES string of the molecule is CCC1C2CNCC2CN1C(C)c1c(C)cc(C)cc1C. The topological polar surface area (TPSA) is 15.3 Å². The van der Waals surface area contributed by atoms with Gasteiger partial charge in [0, 0.05) is 18.6 Å². The van der Waals surface area contributed by atoms with Crippen molar-refractivity contribution in [2.45, 2.75) is 53.1 Å². The second-order valence-corrected chi connectivity index (χ2v) is 7.24. The zero-order valence-corrected chi connectivity index (χ0v) is 14.2. The number of hydrogen-bond donors (Lipinski definition) is 1. The van der Waals surface area contributed by atoms with E-state index in [1.807, 2.05) is 0 Å². The van der Waals surface area contributed by atoms with Gasteiger partial charge in [0.1, 0.15) is 0 Å². The Kier molecular flexibility index (Phi) is 4.11. The maximum atomic E-state index is 3.59. The standard InChI is InChI=1S/C19H30N2/c1-6-18-17-10-20-9-16(17)11-21(18)15(5)19-13(3)7-12(2)8-14(19)4/h7-8,15-18,20H,6,9-11H2,1-5H3. The Morgan fingerprint density at radius 3 is 2.48 bits per heavy atom. The van der Waals surface area contributed by atoms with Gasteiger partial charge < -0.3 is 5.32 Å². The van der Waals surface area contributed by atoms with Gasteiger partial charge in [-0.25, -0.2) is 0 Å². The molecule has 2 nitrogen and oxygen atoms in total. The summed E-state index contributed by atoms with van der Waals surface area (Å²) in [6, 6.07) is 5.98. The second kappa shape index (κ2) is 5.73. The predicted molar refractivity (Wildman–Crippen MR) is 89.7 cm³/mol. The van der Waals surface area contributed by atoms with E-state index in [0.29, 0.717) is 6.04 Å². The van der Waals surface area contributed by atoms with Crippen molar-refractivity contribution in [3.8, 4) is 0 Å². The summed E-state index contributed by atoms with van der Waals surface area (Å²) in [5, 5.41) is 3.59. The van der Waals surface area contributed by atoms with Crippen LogP contribution in [0, 0.1) is 32.6 Å². The summed E-state index contributed by atoms with van der Waals surface area (Å²) in [5.41, 5.74) is 5.87. The molecule has 2 fully saturated rings. The molecule has 4 atom stereocenters. The molecule has 2 heterocycles. The molecule has 0 amide bonds. The van der Waals surface area contributed by atoms with Crippen LogP contribution in [0.1, 0.15) is 48.6 Å². The van der Waals surface area contributed by atoms with Crippen molar-refractivity contribution in [3.05, 3.63) is 34.4 Å². The Labute approximate surface area is 129 Å². The smallest absolute Gasteiger partial charge is 0.0328 e. The van der Waals surface area contributed by atoms with Gasteiger partial charge in [0.05, 0.1) is 0 Å². The number of rotatable bonds is 3. The fourth-order valence-corrected chi connectivity index (χ4v) is 5.05. The Morgan fingerprint density at radius 2 is 1.86 bits per heavy atom. The fourth-order valence-electron chi connectivity index (χ4n) is 5.05. The van der Waals surface area contributed by atoms with Gasteiger partial charge in [0.25, 0.3) is 0 Å². The average Bonchev–Trinajstić information content (AvgIpc) is 2.96. The molecule has 1 N–H and O–H groups in total. The Balaban J connectivity index is 1.90. The molecule has 0 bridgehead atoms. The van der Waals surface area contributed by atoms with Crippen LogP contribution in [-0.2, 0) is 0 Å². The van der Waals surface area contributed by atoms with Gasteiger partial charge in [-0.1, -0.05) is 24.6 Å². The largest absolute Gasteiger partial charge is 0.316 e. The highest BCUT2D eigenvalue weighted by atomic mass is 15.2. The summed E-state index contributed by atoms with van der Waals surface area (Å²) < 4.78 is 0. The van der Waals surface area contributed by atoms with E-state index in [9.17, 15) is 0 Å². The Bertz CT molecular complexity index is 499. The van der Waals surface area contributed by atoms with Crippen LogP contribution in [0.3, 0.4) is 0 Å². The molecule has 1 aromatic carbocycles. The van der Waals surface area contributed by atoms with E-state index in [1.54, 1.807) is 5.56 Å². The zero-order chi connectivity index (χ0) is 15.1. The van der Waals surface area contributed by atoms with Crippen LogP contribution in [0.15, 0.2) is 12.1 Å². The van der Waals surface area contributed by atoms with E-state index in [0.717, 1.165) is 17.9 Å². The first-order valence-corrected chi connectivity index (χ1v) is 8.57. The first kappa shape index (κ1) is 15.1. The quantitative estimate of drug-likeness (QED) is 0.913. The van der Waals surface area contributed by atoms with Crippen LogP contribution in [0.25, 0.3) is 0 Å². The summed E-state index contributed by atoms with van der Waals surface area (Å²) in [4.78, 5) is 2.79. The van der Waals surface area contributed by atoms with E-state index in [-0.39, 0.29) is 0 Å². The summed E-state index contributed by atoms with van der Waals surface area (Å²) >= 11 is 0. The third kappa shape index (κ3) is 2.53. The minimum absolute atomic E-state index is 0.543. The van der Waals surface area contributed by atoms with Crippen molar-refractivity contribution in [1.82, 2.24) is 10.2 Å². The van der Waals surface area contributed by atoms with Crippen molar-refractivity contribution >= 4 is 0 Å². The van der Waals surface area contributed by atoms with E-state index in [2.05, 4.69) is 57.0 Å². The van der Waals surface area contributed by atoms with Gasteiger partial charge in [-0.3, -0.25) is 4.90 Å². The molecule has 0 aromatic heterocycles. The van der Waals surface area contributed by atoms with Crippen molar-refractivity contribution in [3.63, 3.8) is 0 Å². The van der Waals surface area contributed by atoms with Crippen molar-refractivity contribution < 1.29 is 0 Å². The number of nitrogens with one attached hydrogen (secondary N) is 1. The molecule has 4 unspecified atom stereocenters. The summed E-state index contributed by atoms with van der Waals surface area (Å²) in [7, 11) is 0. The fraction of sp³-hybridized carbons (Fsp3) is 0.684. The second-order valence-electron chi connectivity index (χ2n) is 7.24. The Morgan fingerprint density at radius 1 is 1.19 bits per heavy atom. The highest BCUT2D eigenvalue weighted by Gasteiger charge is 2.45. The number of hydrogen-bond acceptors (Lipinski definition) is 2. The van der Waals surface area contributed by atoms with Gasteiger partial charge >= 0.3 is 0 Å². The third-order valence-electron chi connectivity index (χ3n) is 5.83. The van der Waals surface area contributed by atoms with E-state index < -0.39 is 0 Å². The maximum absolute atomic E-state index is 3.59. The molecule has 0 saturated carbocycles. The van der Waals surface area contributed by atoms with E-state index >= 15 is 0 Å². The molecule has 3 rings (SSSR count). The molecule has 116 valence electrons. The normalized spacial score (nSPS) is 30.6. The minimum Gasteiger partial charge on any atom is -0.316 e. The van der Waals surface area contributed by atoms with Crippen LogP contribution in [0.4, 0.5) is 0 Å². The molecule has 21 heavy (non-hydrogen) atoms.